The number of ether oxygens (including phenoxy) is 1. The molecular weight excluding hydrogens is 278 g/mol. The number of hydrogen-bond donors (Lipinski definition) is 1. The Balaban J connectivity index is 2.53. The molecule has 1 aromatic rings. The Bertz CT molecular complexity index is 604. The summed E-state index contributed by atoms with van der Waals surface area (Å²) in [4.78, 5) is 10.6. The first kappa shape index (κ1) is 17.3. The van der Waals surface area contributed by atoms with Crippen molar-refractivity contribution in [1.82, 2.24) is 0 Å². The van der Waals surface area contributed by atoms with E-state index in [1.807, 2.05) is 30.3 Å². The minimum absolute atomic E-state index is 0.293. The monoisotopic (exact) mass is 297 g/mol. The summed E-state index contributed by atoms with van der Waals surface area (Å²) in [6, 6.07) is 9.32. The summed E-state index contributed by atoms with van der Waals surface area (Å²) in [6.07, 6.45) is 10.3. The summed E-state index contributed by atoms with van der Waals surface area (Å²) in [5, 5.41) is 17.2. The predicted molar refractivity (Wildman–Crippen MR) is 86.4 cm³/mol. The first-order chi connectivity index (χ1) is 10.7. The zero-order chi connectivity index (χ0) is 16.2. The van der Waals surface area contributed by atoms with Crippen molar-refractivity contribution in [1.29, 1.82) is 5.26 Å². The maximum atomic E-state index is 10.6. The van der Waals surface area contributed by atoms with Gasteiger partial charge in [0.15, 0.2) is 0 Å². The Hall–Kier alpha value is -2.80. The smallest absolute Gasteiger partial charge is 0.346 e. The fourth-order valence-electron chi connectivity index (χ4n) is 1.55. The van der Waals surface area contributed by atoms with Crippen LogP contribution in [0.4, 0.5) is 0 Å². The first-order valence-corrected chi connectivity index (χ1v) is 7.08. The molecule has 0 heterocycles. The van der Waals surface area contributed by atoms with E-state index in [1.165, 1.54) is 12.2 Å². The zero-order valence-electron chi connectivity index (χ0n) is 12.5. The number of carboxylic acids is 1. The van der Waals surface area contributed by atoms with Gasteiger partial charge >= 0.3 is 5.97 Å². The molecule has 114 valence electrons. The van der Waals surface area contributed by atoms with Crippen LogP contribution in [0.2, 0.25) is 0 Å². The summed E-state index contributed by atoms with van der Waals surface area (Å²) in [7, 11) is 0. The number of nitriles is 1. The number of aliphatic carboxylic acids is 1. The van der Waals surface area contributed by atoms with E-state index in [4.69, 9.17) is 15.1 Å². The lowest BCUT2D eigenvalue weighted by Gasteiger charge is -2.04. The second-order valence-electron chi connectivity index (χ2n) is 4.51. The quantitative estimate of drug-likeness (QED) is 0.341. The Labute approximate surface area is 130 Å². The van der Waals surface area contributed by atoms with Gasteiger partial charge in [-0.25, -0.2) is 4.79 Å². The van der Waals surface area contributed by atoms with Crippen LogP contribution in [0.1, 0.15) is 25.3 Å². The Morgan fingerprint density at radius 2 is 2.00 bits per heavy atom. The molecule has 22 heavy (non-hydrogen) atoms. The predicted octanol–water partition coefficient (Wildman–Crippen LogP) is 3.97. The minimum Gasteiger partial charge on any atom is -0.494 e. The third kappa shape index (κ3) is 6.58. The van der Waals surface area contributed by atoms with Gasteiger partial charge in [-0.1, -0.05) is 49.8 Å². The van der Waals surface area contributed by atoms with Crippen molar-refractivity contribution < 1.29 is 14.6 Å². The molecule has 0 saturated carbocycles. The van der Waals surface area contributed by atoms with Gasteiger partial charge in [-0.15, -0.1) is 0 Å². The standard InChI is InChI=1S/C18H19NO3/c1-2-3-13-22-17-11-9-15(10-12-17)7-5-4-6-8-16(14-19)18(20)21/h4-12H,2-3,13H2,1H3,(H,20,21)/b6-4+,7-5+,16-8+. The van der Waals surface area contributed by atoms with Gasteiger partial charge in [0.25, 0.3) is 0 Å². The molecule has 0 aromatic heterocycles. The molecule has 4 nitrogen and oxygen atoms in total. The molecule has 4 heteroatoms. The average Bonchev–Trinajstić information content (AvgIpc) is 2.52. The van der Waals surface area contributed by atoms with Crippen LogP contribution in [0, 0.1) is 11.3 Å². The van der Waals surface area contributed by atoms with Crippen LogP contribution in [0.5, 0.6) is 5.75 Å². The second-order valence-corrected chi connectivity index (χ2v) is 4.51. The normalized spacial score (nSPS) is 11.7. The van der Waals surface area contributed by atoms with Crippen molar-refractivity contribution in [3.63, 3.8) is 0 Å². The van der Waals surface area contributed by atoms with Crippen LogP contribution in [0.3, 0.4) is 0 Å². The lowest BCUT2D eigenvalue weighted by molar-refractivity contribution is -0.132. The highest BCUT2D eigenvalue weighted by Gasteiger charge is 2.02. The van der Waals surface area contributed by atoms with Crippen LogP contribution in [-0.4, -0.2) is 17.7 Å². The van der Waals surface area contributed by atoms with Crippen molar-refractivity contribution in [3.05, 3.63) is 59.7 Å². The molecule has 0 aliphatic carbocycles. The topological polar surface area (TPSA) is 70.3 Å². The third-order valence-electron chi connectivity index (χ3n) is 2.77. The highest BCUT2D eigenvalue weighted by Crippen LogP contribution is 2.13. The van der Waals surface area contributed by atoms with Gasteiger partial charge in [-0.05, 0) is 30.2 Å². The molecule has 0 aliphatic rings. The molecule has 0 radical (unpaired) electrons. The van der Waals surface area contributed by atoms with Crippen LogP contribution in [0.15, 0.2) is 54.1 Å². The molecule has 1 aromatic carbocycles. The fraction of sp³-hybridized carbons (Fsp3) is 0.222. The fourth-order valence-corrected chi connectivity index (χ4v) is 1.55. The summed E-state index contributed by atoms with van der Waals surface area (Å²) < 4.78 is 5.57. The van der Waals surface area contributed by atoms with E-state index in [1.54, 1.807) is 18.2 Å². The summed E-state index contributed by atoms with van der Waals surface area (Å²) in [5.74, 6) is -0.376. The van der Waals surface area contributed by atoms with E-state index >= 15 is 0 Å². The number of carbonyl (C=O) groups is 1. The third-order valence-corrected chi connectivity index (χ3v) is 2.77. The molecule has 0 saturated heterocycles. The maximum absolute atomic E-state index is 10.6. The molecule has 0 bridgehead atoms. The molecule has 1 rings (SSSR count). The van der Waals surface area contributed by atoms with E-state index in [-0.39, 0.29) is 5.57 Å². The lowest BCUT2D eigenvalue weighted by atomic mass is 10.2. The Kier molecular flexibility index (Phi) is 7.84. The van der Waals surface area contributed by atoms with Crippen molar-refractivity contribution in [3.8, 4) is 11.8 Å². The molecule has 0 unspecified atom stereocenters. The van der Waals surface area contributed by atoms with Gasteiger partial charge in [0, 0.05) is 0 Å². The largest absolute Gasteiger partial charge is 0.494 e. The molecule has 0 fully saturated rings. The van der Waals surface area contributed by atoms with Gasteiger partial charge in [-0.3, -0.25) is 0 Å². The highest BCUT2D eigenvalue weighted by atomic mass is 16.5. The lowest BCUT2D eigenvalue weighted by Crippen LogP contribution is -1.96. The zero-order valence-corrected chi connectivity index (χ0v) is 12.5. The highest BCUT2D eigenvalue weighted by molar-refractivity contribution is 5.91. The molecular formula is C18H19NO3. The van der Waals surface area contributed by atoms with Crippen LogP contribution < -0.4 is 4.74 Å². The van der Waals surface area contributed by atoms with Gasteiger partial charge in [0.1, 0.15) is 17.4 Å². The molecule has 0 amide bonds. The number of unbranched alkanes of at least 4 members (excludes halogenated alkanes) is 1. The molecule has 0 atom stereocenters. The van der Waals surface area contributed by atoms with Crippen molar-refractivity contribution in [2.75, 3.05) is 6.61 Å². The van der Waals surface area contributed by atoms with Gasteiger partial charge < -0.3 is 9.84 Å². The molecule has 0 aliphatic heterocycles. The summed E-state index contributed by atoms with van der Waals surface area (Å²) in [5.41, 5.74) is 0.716. The van der Waals surface area contributed by atoms with Crippen LogP contribution in [-0.2, 0) is 4.79 Å². The van der Waals surface area contributed by atoms with Crippen molar-refractivity contribution in [2.45, 2.75) is 19.8 Å². The second kappa shape index (κ2) is 10.0. The van der Waals surface area contributed by atoms with Gasteiger partial charge in [0.05, 0.1) is 6.61 Å². The SMILES string of the molecule is CCCCOc1ccc(/C=C/C=C/C=C(\C#N)C(=O)O)cc1. The molecule has 1 N–H and O–H groups in total. The average molecular weight is 297 g/mol. The first-order valence-electron chi connectivity index (χ1n) is 7.08. The Morgan fingerprint density at radius 1 is 1.27 bits per heavy atom. The number of rotatable bonds is 8. The number of allylic oxidation sites excluding steroid dienone is 4. The number of nitrogens with zero attached hydrogens (tertiary/aromatic N) is 1. The van der Waals surface area contributed by atoms with Crippen molar-refractivity contribution >= 4 is 12.0 Å². The van der Waals surface area contributed by atoms with E-state index in [9.17, 15) is 4.79 Å². The van der Waals surface area contributed by atoms with E-state index in [2.05, 4.69) is 6.92 Å². The number of benzene rings is 1. The Morgan fingerprint density at radius 3 is 2.59 bits per heavy atom. The minimum atomic E-state index is -1.23. The molecule has 0 spiro atoms. The van der Waals surface area contributed by atoms with E-state index < -0.39 is 5.97 Å². The van der Waals surface area contributed by atoms with E-state index in [0.29, 0.717) is 0 Å². The van der Waals surface area contributed by atoms with Gasteiger partial charge in [-0.2, -0.15) is 5.26 Å². The number of hydrogen-bond acceptors (Lipinski definition) is 3. The van der Waals surface area contributed by atoms with Crippen LogP contribution in [0.25, 0.3) is 6.08 Å². The van der Waals surface area contributed by atoms with Gasteiger partial charge in [0.2, 0.25) is 0 Å². The van der Waals surface area contributed by atoms with Crippen LogP contribution >= 0.6 is 0 Å². The van der Waals surface area contributed by atoms with Crippen molar-refractivity contribution in [2.24, 2.45) is 0 Å². The summed E-state index contributed by atoms with van der Waals surface area (Å²) >= 11 is 0. The van der Waals surface area contributed by atoms with E-state index in [0.717, 1.165) is 30.8 Å². The number of carboxylic acid groups (broad SMARTS) is 1. The maximum Gasteiger partial charge on any atom is 0.346 e. The summed E-state index contributed by atoms with van der Waals surface area (Å²) in [6.45, 7) is 2.85.